The first-order chi connectivity index (χ1) is 19.7. The Bertz CT molecular complexity index is 1550. The van der Waals surface area contributed by atoms with Gasteiger partial charge in [-0.2, -0.15) is 0 Å². The number of methoxy groups -OCH3 is 1. The molecular formula is C31H35N3O6S. The fourth-order valence-electron chi connectivity index (χ4n) is 5.54. The molecular weight excluding hydrogens is 542 g/mol. The van der Waals surface area contributed by atoms with Crippen LogP contribution in [0.3, 0.4) is 0 Å². The van der Waals surface area contributed by atoms with Gasteiger partial charge in [0.15, 0.2) is 0 Å². The summed E-state index contributed by atoms with van der Waals surface area (Å²) in [6.07, 6.45) is 5.18. The van der Waals surface area contributed by atoms with Gasteiger partial charge in [-0.15, -0.1) is 0 Å². The monoisotopic (exact) mass is 577 g/mol. The number of nitrogens with zero attached hydrogens (tertiary/aromatic N) is 1. The lowest BCUT2D eigenvalue weighted by atomic mass is 10.0. The third-order valence-corrected chi connectivity index (χ3v) is 9.14. The van der Waals surface area contributed by atoms with E-state index in [9.17, 15) is 18.0 Å². The number of aryl methyl sites for hydroxylation is 1. The first-order valence-electron chi connectivity index (χ1n) is 13.8. The van der Waals surface area contributed by atoms with Gasteiger partial charge in [-0.1, -0.05) is 37.1 Å². The minimum atomic E-state index is -4.06. The predicted molar refractivity (Wildman–Crippen MR) is 157 cm³/mol. The van der Waals surface area contributed by atoms with Crippen molar-refractivity contribution in [2.24, 2.45) is 5.92 Å². The molecule has 10 heteroatoms. The summed E-state index contributed by atoms with van der Waals surface area (Å²) in [5, 5.41) is 3.04. The molecule has 0 atom stereocenters. The molecule has 41 heavy (non-hydrogen) atoms. The van der Waals surface area contributed by atoms with Crippen LogP contribution >= 0.6 is 0 Å². The maximum Gasteiger partial charge on any atom is 0.268 e. The average molecular weight is 578 g/mol. The lowest BCUT2D eigenvalue weighted by molar-refractivity contribution is -0.117. The highest BCUT2D eigenvalue weighted by Gasteiger charge is 2.24. The van der Waals surface area contributed by atoms with Crippen molar-refractivity contribution in [2.45, 2.75) is 50.5 Å². The standard InChI is InChI=1S/C31H35N3O6S/c1-21-7-3-6-10-29(21)41(37,38)33-31(36)25-13-11-23(17-28(25)39-2)20-34-15-16-40-27-14-12-24(19-26(27)34)32-30(35)18-22-8-4-5-9-22/h3,6-7,10-14,17,19,22H,4-5,8-9,15-16,18,20H2,1-2H3,(H,32,35)(H,33,36). The molecule has 0 bridgehead atoms. The Kier molecular flexibility index (Phi) is 8.49. The molecule has 1 fully saturated rings. The Morgan fingerprint density at radius 2 is 1.83 bits per heavy atom. The van der Waals surface area contributed by atoms with Gasteiger partial charge in [0, 0.05) is 18.7 Å². The Labute approximate surface area is 240 Å². The number of hydrogen-bond donors (Lipinski definition) is 2. The highest BCUT2D eigenvalue weighted by atomic mass is 32.2. The molecule has 9 nitrogen and oxygen atoms in total. The normalized spacial score (nSPS) is 15.1. The smallest absolute Gasteiger partial charge is 0.268 e. The molecule has 1 heterocycles. The number of carbonyl (C=O) groups excluding carboxylic acids is 2. The number of amides is 2. The van der Waals surface area contributed by atoms with Crippen LogP contribution in [0, 0.1) is 12.8 Å². The molecule has 3 aromatic carbocycles. The van der Waals surface area contributed by atoms with Crippen LogP contribution in [0.1, 0.15) is 53.6 Å². The summed E-state index contributed by atoms with van der Waals surface area (Å²) in [6.45, 7) is 3.31. The predicted octanol–water partition coefficient (Wildman–Crippen LogP) is 5.04. The van der Waals surface area contributed by atoms with Crippen LogP contribution in [0.5, 0.6) is 11.5 Å². The van der Waals surface area contributed by atoms with Crippen LogP contribution in [0.2, 0.25) is 0 Å². The van der Waals surface area contributed by atoms with Crippen molar-refractivity contribution in [3.8, 4) is 11.5 Å². The molecule has 1 saturated carbocycles. The second-order valence-corrected chi connectivity index (χ2v) is 12.2. The van der Waals surface area contributed by atoms with Crippen LogP contribution in [0.25, 0.3) is 0 Å². The fourth-order valence-corrected chi connectivity index (χ4v) is 6.75. The summed E-state index contributed by atoms with van der Waals surface area (Å²) in [7, 11) is -2.62. The lowest BCUT2D eigenvalue weighted by Gasteiger charge is -2.32. The number of carbonyl (C=O) groups is 2. The molecule has 3 aromatic rings. The Morgan fingerprint density at radius 3 is 2.59 bits per heavy atom. The highest BCUT2D eigenvalue weighted by molar-refractivity contribution is 7.90. The van der Waals surface area contributed by atoms with E-state index in [2.05, 4.69) is 14.9 Å². The van der Waals surface area contributed by atoms with E-state index in [0.717, 1.165) is 35.5 Å². The Morgan fingerprint density at radius 1 is 1.05 bits per heavy atom. The maximum atomic E-state index is 13.0. The molecule has 0 aromatic heterocycles. The maximum absolute atomic E-state index is 13.0. The van der Waals surface area contributed by atoms with Gasteiger partial charge in [0.1, 0.15) is 18.1 Å². The van der Waals surface area contributed by atoms with Crippen LogP contribution < -0.4 is 24.4 Å². The quantitative estimate of drug-likeness (QED) is 0.366. The Hall–Kier alpha value is -4.05. The van der Waals surface area contributed by atoms with Gasteiger partial charge in [-0.05, 0) is 73.2 Å². The van der Waals surface area contributed by atoms with Crippen molar-refractivity contribution < 1.29 is 27.5 Å². The van der Waals surface area contributed by atoms with Gasteiger partial charge < -0.3 is 19.7 Å². The average Bonchev–Trinajstić information content (AvgIpc) is 3.46. The summed E-state index contributed by atoms with van der Waals surface area (Å²) in [5.41, 5.74) is 3.10. The van der Waals surface area contributed by atoms with Crippen molar-refractivity contribution in [3.05, 3.63) is 77.4 Å². The second kappa shape index (κ2) is 12.2. The van der Waals surface area contributed by atoms with E-state index in [4.69, 9.17) is 9.47 Å². The van der Waals surface area contributed by atoms with Crippen LogP contribution in [-0.2, 0) is 21.4 Å². The molecule has 1 aliphatic carbocycles. The largest absolute Gasteiger partial charge is 0.496 e. The zero-order valence-electron chi connectivity index (χ0n) is 23.3. The molecule has 0 radical (unpaired) electrons. The summed E-state index contributed by atoms with van der Waals surface area (Å²) in [4.78, 5) is 27.8. The molecule has 2 N–H and O–H groups in total. The van der Waals surface area contributed by atoms with E-state index < -0.39 is 15.9 Å². The molecule has 2 amide bonds. The zero-order chi connectivity index (χ0) is 29.0. The van der Waals surface area contributed by atoms with E-state index >= 15 is 0 Å². The van der Waals surface area contributed by atoms with E-state index in [1.807, 2.05) is 18.2 Å². The van der Waals surface area contributed by atoms with Crippen LogP contribution in [-0.4, -0.2) is 40.5 Å². The van der Waals surface area contributed by atoms with Gasteiger partial charge in [0.05, 0.1) is 29.8 Å². The van der Waals surface area contributed by atoms with E-state index in [1.54, 1.807) is 43.3 Å². The van der Waals surface area contributed by atoms with Gasteiger partial charge in [0.2, 0.25) is 5.91 Å². The van der Waals surface area contributed by atoms with Crippen molar-refractivity contribution in [3.63, 3.8) is 0 Å². The summed E-state index contributed by atoms with van der Waals surface area (Å²) >= 11 is 0. The summed E-state index contributed by atoms with van der Waals surface area (Å²) in [5.74, 6) is 0.723. The van der Waals surface area contributed by atoms with Gasteiger partial charge in [0.25, 0.3) is 15.9 Å². The molecule has 216 valence electrons. The minimum absolute atomic E-state index is 0.0307. The number of anilines is 2. The number of ether oxygens (including phenoxy) is 2. The topological polar surface area (TPSA) is 114 Å². The van der Waals surface area contributed by atoms with Gasteiger partial charge in [-0.3, -0.25) is 9.59 Å². The summed E-state index contributed by atoms with van der Waals surface area (Å²) in [6, 6.07) is 17.2. The molecule has 0 saturated heterocycles. The first kappa shape index (κ1) is 28.5. The van der Waals surface area contributed by atoms with Gasteiger partial charge >= 0.3 is 0 Å². The first-order valence-corrected chi connectivity index (χ1v) is 15.3. The van der Waals surface area contributed by atoms with Crippen LogP contribution in [0.4, 0.5) is 11.4 Å². The molecule has 1 aliphatic heterocycles. The number of fused-ring (bicyclic) bond motifs is 1. The van der Waals surface area contributed by atoms with Crippen LogP contribution in [0.15, 0.2) is 65.6 Å². The number of nitrogens with one attached hydrogen (secondary N) is 2. The zero-order valence-corrected chi connectivity index (χ0v) is 24.1. The highest BCUT2D eigenvalue weighted by Crippen LogP contribution is 2.36. The number of rotatable bonds is 9. The van der Waals surface area contributed by atoms with E-state index in [-0.39, 0.29) is 22.1 Å². The third kappa shape index (κ3) is 6.65. The van der Waals surface area contributed by atoms with Gasteiger partial charge in [-0.25, -0.2) is 13.1 Å². The second-order valence-electron chi connectivity index (χ2n) is 10.6. The third-order valence-electron chi connectivity index (χ3n) is 7.65. The van der Waals surface area contributed by atoms with Crippen molar-refractivity contribution in [1.29, 1.82) is 0 Å². The SMILES string of the molecule is COc1cc(CN2CCOc3ccc(NC(=O)CC4CCCC4)cc32)ccc1C(=O)NS(=O)(=O)c1ccccc1C. The molecule has 5 rings (SSSR count). The molecule has 0 spiro atoms. The number of benzene rings is 3. The van der Waals surface area contributed by atoms with E-state index in [1.165, 1.54) is 26.0 Å². The molecule has 2 aliphatic rings. The number of sulfonamides is 1. The lowest BCUT2D eigenvalue weighted by Crippen LogP contribution is -2.32. The van der Waals surface area contributed by atoms with E-state index in [0.29, 0.717) is 37.6 Å². The Balaban J connectivity index is 1.30. The molecule has 0 unspecified atom stereocenters. The van der Waals surface area contributed by atoms with Crippen molar-refractivity contribution >= 4 is 33.2 Å². The number of hydrogen-bond acceptors (Lipinski definition) is 7. The van der Waals surface area contributed by atoms with Crippen molar-refractivity contribution in [1.82, 2.24) is 4.72 Å². The fraction of sp³-hybridized carbons (Fsp3) is 0.355. The summed E-state index contributed by atoms with van der Waals surface area (Å²) < 4.78 is 39.2. The minimum Gasteiger partial charge on any atom is -0.496 e. The van der Waals surface area contributed by atoms with Crippen molar-refractivity contribution in [2.75, 3.05) is 30.5 Å².